The van der Waals surface area contributed by atoms with E-state index in [0.29, 0.717) is 42.5 Å². The first-order chi connectivity index (χ1) is 19.8. The van der Waals surface area contributed by atoms with Gasteiger partial charge in [0.1, 0.15) is 18.0 Å². The van der Waals surface area contributed by atoms with E-state index in [1.54, 1.807) is 16.9 Å². The molecule has 3 aromatic rings. The Morgan fingerprint density at radius 1 is 1.12 bits per heavy atom. The summed E-state index contributed by atoms with van der Waals surface area (Å²) in [6.07, 6.45) is 1.10. The molecular weight excluding hydrogens is 534 g/mol. The van der Waals surface area contributed by atoms with Gasteiger partial charge in [0.2, 0.25) is 5.88 Å². The number of urea groups is 1. The third-order valence-corrected chi connectivity index (χ3v) is 7.42. The molecule has 1 aromatic heterocycles. The summed E-state index contributed by atoms with van der Waals surface area (Å²) < 4.78 is 40.8. The number of anilines is 1. The first-order valence-corrected chi connectivity index (χ1v) is 13.8. The number of para-hydroxylation sites is 1. The number of piperidine rings is 1. The highest BCUT2D eigenvalue weighted by molar-refractivity contribution is 5.90. The van der Waals surface area contributed by atoms with Gasteiger partial charge in [0.25, 0.3) is 0 Å². The molecule has 0 spiro atoms. The zero-order chi connectivity index (χ0) is 28.9. The monoisotopic (exact) mass is 570 g/mol. The van der Waals surface area contributed by atoms with Crippen LogP contribution in [0, 0.1) is 18.6 Å². The molecule has 0 unspecified atom stereocenters. The average molecular weight is 571 g/mol. The van der Waals surface area contributed by atoms with Crippen molar-refractivity contribution < 1.29 is 27.9 Å². The fourth-order valence-corrected chi connectivity index (χ4v) is 5.10. The maximum atomic E-state index is 14.1. The van der Waals surface area contributed by atoms with Gasteiger partial charge in [-0.2, -0.15) is 5.06 Å². The van der Waals surface area contributed by atoms with Crippen LogP contribution >= 0.6 is 0 Å². The molecule has 5 rings (SSSR count). The number of methoxy groups -OCH3 is 1. The Labute approximate surface area is 238 Å². The molecule has 2 amide bonds. The summed E-state index contributed by atoms with van der Waals surface area (Å²) in [5.41, 5.74) is 1.87. The summed E-state index contributed by atoms with van der Waals surface area (Å²) in [7, 11) is 3.67. The van der Waals surface area contributed by atoms with E-state index < -0.39 is 29.8 Å². The SMILES string of the molecule is COCCN1C[C@@H](NC(=O)Nc2c(C)c(OC3CCN(C)CC3)nn2-c2ccccc2)[C@H](c2ccc(F)c(F)c2)O1. The summed E-state index contributed by atoms with van der Waals surface area (Å²) in [5, 5.41) is 12.3. The van der Waals surface area contributed by atoms with Crippen molar-refractivity contribution >= 4 is 11.8 Å². The molecule has 12 heteroatoms. The lowest BCUT2D eigenvalue weighted by Crippen LogP contribution is -2.42. The fourth-order valence-electron chi connectivity index (χ4n) is 5.10. The zero-order valence-electron chi connectivity index (χ0n) is 23.5. The number of halogens is 2. The normalized spacial score (nSPS) is 20.3. The molecule has 2 saturated heterocycles. The number of hydrogen-bond donors (Lipinski definition) is 2. The minimum absolute atomic E-state index is 0.0382. The molecule has 0 aliphatic carbocycles. The van der Waals surface area contributed by atoms with Crippen LogP contribution in [-0.4, -0.2) is 84.9 Å². The number of carbonyl (C=O) groups excluding carboxylic acids is 1. The Hall–Kier alpha value is -3.58. The van der Waals surface area contributed by atoms with Crippen LogP contribution < -0.4 is 15.4 Å². The Kier molecular flexibility index (Phi) is 9.13. The summed E-state index contributed by atoms with van der Waals surface area (Å²) in [4.78, 5) is 21.7. The van der Waals surface area contributed by atoms with Crippen LogP contribution in [-0.2, 0) is 9.57 Å². The van der Waals surface area contributed by atoms with E-state index in [9.17, 15) is 13.6 Å². The second-order valence-electron chi connectivity index (χ2n) is 10.4. The first-order valence-electron chi connectivity index (χ1n) is 13.8. The molecule has 41 heavy (non-hydrogen) atoms. The number of hydroxylamine groups is 2. The smallest absolute Gasteiger partial charge is 0.320 e. The van der Waals surface area contributed by atoms with E-state index in [0.717, 1.165) is 43.8 Å². The predicted molar refractivity (Wildman–Crippen MR) is 149 cm³/mol. The van der Waals surface area contributed by atoms with Crippen LogP contribution in [0.2, 0.25) is 0 Å². The molecule has 3 heterocycles. The van der Waals surface area contributed by atoms with Crippen molar-refractivity contribution in [3.05, 3.63) is 71.3 Å². The maximum absolute atomic E-state index is 14.1. The lowest BCUT2D eigenvalue weighted by Gasteiger charge is -2.28. The van der Waals surface area contributed by atoms with Crippen molar-refractivity contribution in [3.63, 3.8) is 0 Å². The second kappa shape index (κ2) is 12.9. The quantitative estimate of drug-likeness (QED) is 0.401. The van der Waals surface area contributed by atoms with Crippen LogP contribution in [0.15, 0.2) is 48.5 Å². The van der Waals surface area contributed by atoms with Gasteiger partial charge >= 0.3 is 6.03 Å². The van der Waals surface area contributed by atoms with Crippen molar-refractivity contribution in [1.29, 1.82) is 0 Å². The predicted octanol–water partition coefficient (Wildman–Crippen LogP) is 4.06. The molecule has 0 saturated carbocycles. The molecular formula is C29H36F2N6O4. The van der Waals surface area contributed by atoms with E-state index >= 15 is 0 Å². The summed E-state index contributed by atoms with van der Waals surface area (Å²) in [5.74, 6) is -0.998. The van der Waals surface area contributed by atoms with Crippen molar-refractivity contribution in [2.45, 2.75) is 38.0 Å². The zero-order valence-corrected chi connectivity index (χ0v) is 23.5. The molecule has 2 aliphatic rings. The minimum Gasteiger partial charge on any atom is -0.473 e. The van der Waals surface area contributed by atoms with Gasteiger partial charge in [-0.25, -0.2) is 18.3 Å². The van der Waals surface area contributed by atoms with E-state index in [1.165, 1.54) is 6.07 Å². The number of hydrogen-bond acceptors (Lipinski definition) is 7. The number of benzene rings is 2. The number of rotatable bonds is 9. The van der Waals surface area contributed by atoms with Crippen LogP contribution in [0.5, 0.6) is 5.88 Å². The van der Waals surface area contributed by atoms with Crippen LogP contribution in [0.3, 0.4) is 0 Å². The van der Waals surface area contributed by atoms with Gasteiger partial charge in [-0.3, -0.25) is 10.2 Å². The topological polar surface area (TPSA) is 93.1 Å². The third-order valence-electron chi connectivity index (χ3n) is 7.42. The molecule has 2 fully saturated rings. The number of ether oxygens (including phenoxy) is 2. The molecule has 0 bridgehead atoms. The molecule has 10 nitrogen and oxygen atoms in total. The van der Waals surface area contributed by atoms with Crippen LogP contribution in [0.25, 0.3) is 5.69 Å². The highest BCUT2D eigenvalue weighted by Crippen LogP contribution is 2.32. The molecule has 220 valence electrons. The number of nitrogens with zero attached hydrogens (tertiary/aromatic N) is 4. The number of carbonyl (C=O) groups is 1. The Balaban J connectivity index is 1.36. The Morgan fingerprint density at radius 3 is 2.59 bits per heavy atom. The summed E-state index contributed by atoms with van der Waals surface area (Å²) >= 11 is 0. The standard InChI is InChI=1S/C29H36F2N6O4/c1-19-27(37(21-7-5-4-6-8-21)34-28(19)40-22-11-13-35(2)14-12-22)33-29(38)32-25-18-36(15-16-39-3)41-26(25)20-9-10-23(30)24(31)17-20/h4-10,17,22,25-26H,11-16,18H2,1-3H3,(H2,32,33,38)/t25-,26+/m1/s1. The number of amides is 2. The van der Waals surface area contributed by atoms with Gasteiger partial charge in [0.05, 0.1) is 23.9 Å². The number of aromatic nitrogens is 2. The number of likely N-dealkylation sites (tertiary alicyclic amines) is 1. The lowest BCUT2D eigenvalue weighted by atomic mass is 10.0. The van der Waals surface area contributed by atoms with Crippen molar-refractivity contribution in [2.24, 2.45) is 0 Å². The highest BCUT2D eigenvalue weighted by atomic mass is 19.2. The van der Waals surface area contributed by atoms with Crippen LogP contribution in [0.1, 0.15) is 30.1 Å². The molecule has 2 aliphatic heterocycles. The van der Waals surface area contributed by atoms with Gasteiger partial charge in [0.15, 0.2) is 11.6 Å². The molecule has 2 aromatic carbocycles. The Morgan fingerprint density at radius 2 is 1.88 bits per heavy atom. The second-order valence-corrected chi connectivity index (χ2v) is 10.4. The van der Waals surface area contributed by atoms with E-state index in [4.69, 9.17) is 19.4 Å². The minimum atomic E-state index is -0.982. The number of nitrogens with one attached hydrogen (secondary N) is 2. The van der Waals surface area contributed by atoms with Gasteiger partial charge in [-0.1, -0.05) is 24.3 Å². The van der Waals surface area contributed by atoms with Crippen LogP contribution in [0.4, 0.5) is 19.4 Å². The van der Waals surface area contributed by atoms with Gasteiger partial charge in [-0.05, 0) is 56.6 Å². The maximum Gasteiger partial charge on any atom is 0.320 e. The summed E-state index contributed by atoms with van der Waals surface area (Å²) in [6.45, 7) is 4.91. The lowest BCUT2D eigenvalue weighted by molar-refractivity contribution is -0.154. The highest BCUT2D eigenvalue weighted by Gasteiger charge is 2.37. The van der Waals surface area contributed by atoms with Gasteiger partial charge < -0.3 is 19.7 Å². The van der Waals surface area contributed by atoms with Gasteiger partial charge in [-0.15, -0.1) is 5.10 Å². The summed E-state index contributed by atoms with van der Waals surface area (Å²) in [6, 6.07) is 12.0. The fraction of sp³-hybridized carbons (Fsp3) is 0.448. The van der Waals surface area contributed by atoms with Crippen molar-refractivity contribution in [1.82, 2.24) is 25.1 Å². The average Bonchev–Trinajstić information content (AvgIpc) is 3.51. The van der Waals surface area contributed by atoms with Crippen molar-refractivity contribution in [2.75, 3.05) is 52.3 Å². The van der Waals surface area contributed by atoms with E-state index in [1.807, 2.05) is 37.3 Å². The molecule has 0 radical (unpaired) electrons. The van der Waals surface area contributed by atoms with E-state index in [2.05, 4.69) is 22.6 Å². The largest absolute Gasteiger partial charge is 0.473 e. The van der Waals surface area contributed by atoms with Crippen molar-refractivity contribution in [3.8, 4) is 11.6 Å². The van der Waals surface area contributed by atoms with Gasteiger partial charge in [0, 0.05) is 33.3 Å². The molecule has 2 atom stereocenters. The molecule has 2 N–H and O–H groups in total. The first kappa shape index (κ1) is 28.9. The third kappa shape index (κ3) is 6.84. The van der Waals surface area contributed by atoms with E-state index in [-0.39, 0.29) is 6.10 Å². The Bertz CT molecular complexity index is 1330.